The molecule has 1 aliphatic carbocycles. The molecule has 0 aromatic rings. The van der Waals surface area contributed by atoms with Gasteiger partial charge in [-0.05, 0) is 31.7 Å². The lowest BCUT2D eigenvalue weighted by Crippen LogP contribution is -2.41. The monoisotopic (exact) mass is 225 g/mol. The molecule has 0 aliphatic heterocycles. The summed E-state index contributed by atoms with van der Waals surface area (Å²) < 4.78 is 0. The molecule has 0 aromatic heterocycles. The summed E-state index contributed by atoms with van der Waals surface area (Å²) in [5, 5.41) is 0. The standard InChI is InChI=1S/C14H27NO/c1-12(2)9-15(4)10-14(11-16)7-5-6-13(3)8-14/h11-13H,5-10H2,1-4H3. The molecule has 0 aromatic carbocycles. The van der Waals surface area contributed by atoms with Crippen LogP contribution in [0, 0.1) is 17.3 Å². The highest BCUT2D eigenvalue weighted by Gasteiger charge is 2.35. The van der Waals surface area contributed by atoms with Crippen LogP contribution < -0.4 is 0 Å². The van der Waals surface area contributed by atoms with Gasteiger partial charge in [-0.25, -0.2) is 0 Å². The van der Waals surface area contributed by atoms with Crippen LogP contribution in [0.5, 0.6) is 0 Å². The minimum Gasteiger partial charge on any atom is -0.305 e. The molecule has 94 valence electrons. The summed E-state index contributed by atoms with van der Waals surface area (Å²) in [4.78, 5) is 13.8. The first kappa shape index (κ1) is 13.7. The first-order valence-electron chi connectivity index (χ1n) is 6.62. The summed E-state index contributed by atoms with van der Waals surface area (Å²) in [6.45, 7) is 8.77. The third-order valence-electron chi connectivity index (χ3n) is 3.64. The van der Waals surface area contributed by atoms with Crippen LogP contribution in [0.25, 0.3) is 0 Å². The molecule has 1 fully saturated rings. The smallest absolute Gasteiger partial charge is 0.127 e. The molecular formula is C14H27NO. The van der Waals surface area contributed by atoms with Crippen molar-refractivity contribution in [1.29, 1.82) is 0 Å². The van der Waals surface area contributed by atoms with Gasteiger partial charge in [-0.1, -0.05) is 33.6 Å². The van der Waals surface area contributed by atoms with Crippen molar-refractivity contribution in [2.24, 2.45) is 17.3 Å². The van der Waals surface area contributed by atoms with E-state index in [1.807, 2.05) is 0 Å². The van der Waals surface area contributed by atoms with Crippen molar-refractivity contribution in [1.82, 2.24) is 4.90 Å². The molecule has 2 atom stereocenters. The fourth-order valence-corrected chi connectivity index (χ4v) is 3.21. The van der Waals surface area contributed by atoms with E-state index in [-0.39, 0.29) is 5.41 Å². The van der Waals surface area contributed by atoms with E-state index in [9.17, 15) is 4.79 Å². The minimum absolute atomic E-state index is 0.0543. The number of carbonyl (C=O) groups is 1. The Labute approximate surface area is 100 Å². The summed E-state index contributed by atoms with van der Waals surface area (Å²) >= 11 is 0. The molecule has 0 radical (unpaired) electrons. The molecule has 0 spiro atoms. The lowest BCUT2D eigenvalue weighted by Gasteiger charge is -2.38. The predicted octanol–water partition coefficient (Wildman–Crippen LogP) is 2.97. The summed E-state index contributed by atoms with van der Waals surface area (Å²) in [6, 6.07) is 0. The molecule has 2 nitrogen and oxygen atoms in total. The van der Waals surface area contributed by atoms with E-state index in [1.54, 1.807) is 0 Å². The van der Waals surface area contributed by atoms with Crippen molar-refractivity contribution >= 4 is 6.29 Å². The molecule has 16 heavy (non-hydrogen) atoms. The van der Waals surface area contributed by atoms with Gasteiger partial charge in [0, 0.05) is 18.5 Å². The van der Waals surface area contributed by atoms with Crippen molar-refractivity contribution in [3.63, 3.8) is 0 Å². The van der Waals surface area contributed by atoms with Gasteiger partial charge in [-0.15, -0.1) is 0 Å². The van der Waals surface area contributed by atoms with Crippen molar-refractivity contribution in [3.8, 4) is 0 Å². The predicted molar refractivity (Wildman–Crippen MR) is 68.5 cm³/mol. The Kier molecular flexibility index (Phi) is 4.97. The summed E-state index contributed by atoms with van der Waals surface area (Å²) in [5.74, 6) is 1.39. The van der Waals surface area contributed by atoms with E-state index in [4.69, 9.17) is 0 Å². The van der Waals surface area contributed by atoms with E-state index in [0.29, 0.717) is 11.8 Å². The fraction of sp³-hybridized carbons (Fsp3) is 0.929. The second-order valence-corrected chi connectivity index (χ2v) is 6.27. The number of hydrogen-bond acceptors (Lipinski definition) is 2. The first-order chi connectivity index (χ1) is 7.47. The lowest BCUT2D eigenvalue weighted by atomic mass is 9.70. The van der Waals surface area contributed by atoms with Crippen LogP contribution in [0.1, 0.15) is 46.5 Å². The second-order valence-electron chi connectivity index (χ2n) is 6.27. The number of hydrogen-bond donors (Lipinski definition) is 0. The Bertz CT molecular complexity index is 227. The molecule has 0 bridgehead atoms. The Balaban J connectivity index is 2.55. The van der Waals surface area contributed by atoms with Crippen LogP contribution in [0.3, 0.4) is 0 Å². The average Bonchev–Trinajstić information content (AvgIpc) is 2.16. The van der Waals surface area contributed by atoms with Gasteiger partial charge in [0.25, 0.3) is 0 Å². The molecule has 2 heteroatoms. The molecule has 1 saturated carbocycles. The Hall–Kier alpha value is -0.370. The highest BCUT2D eigenvalue weighted by Crippen LogP contribution is 2.38. The van der Waals surface area contributed by atoms with Crippen molar-refractivity contribution in [2.45, 2.75) is 46.5 Å². The lowest BCUT2D eigenvalue weighted by molar-refractivity contribution is -0.119. The minimum atomic E-state index is -0.0543. The van der Waals surface area contributed by atoms with Crippen molar-refractivity contribution in [2.75, 3.05) is 20.1 Å². The fourth-order valence-electron chi connectivity index (χ4n) is 3.21. The van der Waals surface area contributed by atoms with E-state index in [0.717, 1.165) is 25.9 Å². The van der Waals surface area contributed by atoms with Crippen molar-refractivity contribution in [3.05, 3.63) is 0 Å². The van der Waals surface area contributed by atoms with Gasteiger partial charge in [-0.2, -0.15) is 0 Å². The Morgan fingerprint density at radius 3 is 2.69 bits per heavy atom. The van der Waals surface area contributed by atoms with Crippen LogP contribution in [-0.2, 0) is 4.79 Å². The summed E-state index contributed by atoms with van der Waals surface area (Å²) in [7, 11) is 2.14. The van der Waals surface area contributed by atoms with Gasteiger partial charge >= 0.3 is 0 Å². The van der Waals surface area contributed by atoms with E-state index in [1.165, 1.54) is 19.1 Å². The SMILES string of the molecule is CC(C)CN(C)CC1(C=O)CCCC(C)C1. The second kappa shape index (κ2) is 5.81. The molecule has 0 heterocycles. The third kappa shape index (κ3) is 3.89. The largest absolute Gasteiger partial charge is 0.305 e. The van der Waals surface area contributed by atoms with Crippen LogP contribution in [0.2, 0.25) is 0 Å². The van der Waals surface area contributed by atoms with Crippen molar-refractivity contribution < 1.29 is 4.79 Å². The van der Waals surface area contributed by atoms with Gasteiger partial charge in [-0.3, -0.25) is 0 Å². The van der Waals surface area contributed by atoms with Gasteiger partial charge in [0.15, 0.2) is 0 Å². The molecule has 0 amide bonds. The topological polar surface area (TPSA) is 20.3 Å². The van der Waals surface area contributed by atoms with Gasteiger partial charge in [0.05, 0.1) is 0 Å². The number of carbonyl (C=O) groups excluding carboxylic acids is 1. The Morgan fingerprint density at radius 2 is 2.19 bits per heavy atom. The Morgan fingerprint density at radius 1 is 1.50 bits per heavy atom. The zero-order valence-electron chi connectivity index (χ0n) is 11.3. The van der Waals surface area contributed by atoms with E-state index < -0.39 is 0 Å². The highest BCUT2D eigenvalue weighted by atomic mass is 16.1. The molecule has 1 rings (SSSR count). The van der Waals surface area contributed by atoms with Gasteiger partial charge < -0.3 is 9.69 Å². The van der Waals surface area contributed by atoms with E-state index >= 15 is 0 Å². The molecule has 0 saturated heterocycles. The number of aldehydes is 1. The maximum Gasteiger partial charge on any atom is 0.127 e. The van der Waals surface area contributed by atoms with E-state index in [2.05, 4.69) is 32.7 Å². The number of nitrogens with zero attached hydrogens (tertiary/aromatic N) is 1. The number of rotatable bonds is 5. The zero-order chi connectivity index (χ0) is 12.2. The molecular weight excluding hydrogens is 198 g/mol. The van der Waals surface area contributed by atoms with Crippen LogP contribution in [0.15, 0.2) is 0 Å². The molecule has 1 aliphatic rings. The van der Waals surface area contributed by atoms with Crippen LogP contribution >= 0.6 is 0 Å². The maximum atomic E-state index is 11.4. The van der Waals surface area contributed by atoms with Gasteiger partial charge in [0.1, 0.15) is 6.29 Å². The first-order valence-corrected chi connectivity index (χ1v) is 6.62. The summed E-state index contributed by atoms with van der Waals surface area (Å²) in [6.07, 6.45) is 5.92. The third-order valence-corrected chi connectivity index (χ3v) is 3.64. The highest BCUT2D eigenvalue weighted by molar-refractivity contribution is 5.60. The zero-order valence-corrected chi connectivity index (χ0v) is 11.3. The quantitative estimate of drug-likeness (QED) is 0.670. The normalized spacial score (nSPS) is 31.0. The summed E-state index contributed by atoms with van der Waals surface area (Å²) in [5.41, 5.74) is -0.0543. The maximum absolute atomic E-state index is 11.4. The average molecular weight is 225 g/mol. The molecule has 2 unspecified atom stereocenters. The van der Waals surface area contributed by atoms with Crippen LogP contribution in [-0.4, -0.2) is 31.3 Å². The van der Waals surface area contributed by atoms with Crippen LogP contribution in [0.4, 0.5) is 0 Å². The molecule has 0 N–H and O–H groups in total. The van der Waals surface area contributed by atoms with Gasteiger partial charge in [0.2, 0.25) is 0 Å².